The molecule has 1 unspecified atom stereocenters. The van der Waals surface area contributed by atoms with Crippen LogP contribution in [0.15, 0.2) is 39.8 Å². The molecule has 138 valence electrons. The van der Waals surface area contributed by atoms with Crippen molar-refractivity contribution in [3.63, 3.8) is 0 Å². The fourth-order valence-corrected chi connectivity index (χ4v) is 3.42. The molecule has 8 heteroatoms. The fourth-order valence-electron chi connectivity index (χ4n) is 2.88. The molecular formula is C18H21N3O4S. The van der Waals surface area contributed by atoms with Gasteiger partial charge in [-0.25, -0.2) is 0 Å². The smallest absolute Gasteiger partial charge is 0.276 e. The summed E-state index contributed by atoms with van der Waals surface area (Å²) in [7, 11) is 0. The first-order valence-corrected chi connectivity index (χ1v) is 9.66. The van der Waals surface area contributed by atoms with Crippen molar-refractivity contribution in [3.05, 3.63) is 41.8 Å². The molecule has 0 radical (unpaired) electrons. The predicted octanol–water partition coefficient (Wildman–Crippen LogP) is 2.33. The summed E-state index contributed by atoms with van der Waals surface area (Å²) in [5.41, 5.74) is 0.190. The molecule has 1 aliphatic rings. The normalized spacial score (nSPS) is 17.1. The van der Waals surface area contributed by atoms with E-state index in [2.05, 4.69) is 10.5 Å². The number of benzene rings is 1. The minimum absolute atomic E-state index is 0.132. The Kier molecular flexibility index (Phi) is 5.82. The number of ether oxygens (including phenoxy) is 1. The summed E-state index contributed by atoms with van der Waals surface area (Å²) in [5.74, 6) is 0.779. The molecule has 1 atom stereocenters. The summed E-state index contributed by atoms with van der Waals surface area (Å²) in [6.45, 7) is 2.96. The Labute approximate surface area is 156 Å². The summed E-state index contributed by atoms with van der Waals surface area (Å²) in [5, 5.41) is 6.63. The Morgan fingerprint density at radius 3 is 3.04 bits per heavy atom. The van der Waals surface area contributed by atoms with Gasteiger partial charge in [0.1, 0.15) is 18.4 Å². The van der Waals surface area contributed by atoms with Crippen LogP contribution in [0.2, 0.25) is 0 Å². The van der Waals surface area contributed by atoms with Crippen molar-refractivity contribution < 1.29 is 18.8 Å². The van der Waals surface area contributed by atoms with Crippen LogP contribution in [-0.4, -0.2) is 47.3 Å². The molecule has 7 nitrogen and oxygen atoms in total. The number of para-hydroxylation sites is 1. The van der Waals surface area contributed by atoms with Crippen molar-refractivity contribution in [3.8, 4) is 5.75 Å². The van der Waals surface area contributed by atoms with Gasteiger partial charge in [0.05, 0.1) is 0 Å². The zero-order valence-corrected chi connectivity index (χ0v) is 15.5. The van der Waals surface area contributed by atoms with Crippen LogP contribution in [0.1, 0.15) is 29.6 Å². The highest BCUT2D eigenvalue weighted by Crippen LogP contribution is 2.27. The van der Waals surface area contributed by atoms with Crippen LogP contribution in [0.4, 0.5) is 0 Å². The molecule has 1 fully saturated rings. The molecule has 2 heterocycles. The van der Waals surface area contributed by atoms with Crippen LogP contribution in [-0.2, 0) is 11.4 Å². The highest BCUT2D eigenvalue weighted by molar-refractivity contribution is 7.98. The zero-order chi connectivity index (χ0) is 18.5. The number of carbonyl (C=O) groups excluding carboxylic acids is 2. The first kappa shape index (κ1) is 18.3. The Bertz CT molecular complexity index is 792. The third kappa shape index (κ3) is 3.85. The molecule has 0 saturated carbocycles. The van der Waals surface area contributed by atoms with Gasteiger partial charge in [-0.05, 0) is 24.8 Å². The minimum atomic E-state index is -0.471. The second-order valence-corrected chi connectivity index (χ2v) is 6.68. The number of piperazine rings is 1. The van der Waals surface area contributed by atoms with E-state index in [0.29, 0.717) is 25.3 Å². The van der Waals surface area contributed by atoms with Crippen molar-refractivity contribution in [2.45, 2.75) is 30.9 Å². The van der Waals surface area contributed by atoms with E-state index in [4.69, 9.17) is 9.26 Å². The summed E-state index contributed by atoms with van der Waals surface area (Å²) in [6, 6.07) is 8.80. The lowest BCUT2D eigenvalue weighted by molar-refractivity contribution is -0.127. The Morgan fingerprint density at radius 1 is 1.46 bits per heavy atom. The molecule has 1 N–H and O–H groups in total. The number of carbonyl (C=O) groups is 2. The molecule has 0 spiro atoms. The van der Waals surface area contributed by atoms with Crippen LogP contribution >= 0.6 is 11.8 Å². The number of hydrogen-bond acceptors (Lipinski definition) is 6. The number of thioether (sulfide) groups is 1. The summed E-state index contributed by atoms with van der Waals surface area (Å²) in [6.07, 6.45) is 2.53. The first-order valence-electron chi connectivity index (χ1n) is 8.44. The second-order valence-electron chi connectivity index (χ2n) is 5.83. The minimum Gasteiger partial charge on any atom is -0.484 e. The van der Waals surface area contributed by atoms with Crippen molar-refractivity contribution in [1.82, 2.24) is 15.4 Å². The van der Waals surface area contributed by atoms with Gasteiger partial charge in [0.15, 0.2) is 11.5 Å². The van der Waals surface area contributed by atoms with E-state index >= 15 is 0 Å². The predicted molar refractivity (Wildman–Crippen MR) is 97.2 cm³/mol. The lowest BCUT2D eigenvalue weighted by Crippen LogP contribution is -2.56. The first-order chi connectivity index (χ1) is 12.6. The van der Waals surface area contributed by atoms with Crippen molar-refractivity contribution in [1.29, 1.82) is 0 Å². The number of aromatic nitrogens is 1. The molecule has 0 aliphatic carbocycles. The van der Waals surface area contributed by atoms with Gasteiger partial charge in [0.25, 0.3) is 5.91 Å². The lowest BCUT2D eigenvalue weighted by atomic mass is 10.1. The van der Waals surface area contributed by atoms with Gasteiger partial charge in [0.2, 0.25) is 5.91 Å². The van der Waals surface area contributed by atoms with Crippen molar-refractivity contribution in [2.75, 3.05) is 19.3 Å². The quantitative estimate of drug-likeness (QED) is 0.780. The molecule has 2 aromatic rings. The SMILES string of the molecule is CCC1C(=O)NCCN1C(=O)c1cc(COc2ccccc2SC)on1. The number of hydrogen-bond donors (Lipinski definition) is 1. The van der Waals surface area contributed by atoms with Crippen molar-refractivity contribution in [2.24, 2.45) is 0 Å². The Hall–Kier alpha value is -2.48. The van der Waals surface area contributed by atoms with Gasteiger partial charge < -0.3 is 19.5 Å². The van der Waals surface area contributed by atoms with E-state index in [0.717, 1.165) is 10.6 Å². The molecule has 2 amide bonds. The van der Waals surface area contributed by atoms with Gasteiger partial charge in [0, 0.05) is 24.1 Å². The third-order valence-corrected chi connectivity index (χ3v) is 4.97. The lowest BCUT2D eigenvalue weighted by Gasteiger charge is -2.33. The van der Waals surface area contributed by atoms with E-state index in [1.165, 1.54) is 0 Å². The van der Waals surface area contributed by atoms with Crippen LogP contribution in [0, 0.1) is 0 Å². The summed E-state index contributed by atoms with van der Waals surface area (Å²) < 4.78 is 11.0. The van der Waals surface area contributed by atoms with Gasteiger partial charge >= 0.3 is 0 Å². The highest BCUT2D eigenvalue weighted by Gasteiger charge is 2.33. The fraction of sp³-hybridized carbons (Fsp3) is 0.389. The molecule has 26 heavy (non-hydrogen) atoms. The zero-order valence-electron chi connectivity index (χ0n) is 14.7. The van der Waals surface area contributed by atoms with Crippen LogP contribution < -0.4 is 10.1 Å². The van der Waals surface area contributed by atoms with Crippen LogP contribution in [0.25, 0.3) is 0 Å². The molecule has 3 rings (SSSR count). The second kappa shape index (κ2) is 8.27. The van der Waals surface area contributed by atoms with Gasteiger partial charge in [-0.2, -0.15) is 0 Å². The topological polar surface area (TPSA) is 84.7 Å². The summed E-state index contributed by atoms with van der Waals surface area (Å²) >= 11 is 1.59. The molecule has 1 aliphatic heterocycles. The van der Waals surface area contributed by atoms with Gasteiger partial charge in [-0.3, -0.25) is 9.59 Å². The molecule has 1 aromatic heterocycles. The third-order valence-electron chi connectivity index (χ3n) is 4.20. The molecule has 0 bridgehead atoms. The van der Waals surface area contributed by atoms with Crippen molar-refractivity contribution >= 4 is 23.6 Å². The average molecular weight is 375 g/mol. The number of amides is 2. The van der Waals surface area contributed by atoms with Gasteiger partial charge in [-0.15, -0.1) is 11.8 Å². The largest absolute Gasteiger partial charge is 0.484 e. The maximum absolute atomic E-state index is 12.7. The molecular weight excluding hydrogens is 354 g/mol. The molecule has 1 saturated heterocycles. The van der Waals surface area contributed by atoms with E-state index in [9.17, 15) is 9.59 Å². The highest BCUT2D eigenvalue weighted by atomic mass is 32.2. The van der Waals surface area contributed by atoms with Gasteiger partial charge in [-0.1, -0.05) is 24.2 Å². The van der Waals surface area contributed by atoms with E-state index < -0.39 is 6.04 Å². The Balaban J connectivity index is 1.67. The van der Waals surface area contributed by atoms with Crippen LogP contribution in [0.3, 0.4) is 0 Å². The number of nitrogens with zero attached hydrogens (tertiary/aromatic N) is 2. The molecule has 1 aromatic carbocycles. The maximum Gasteiger partial charge on any atom is 0.276 e. The average Bonchev–Trinajstić information content (AvgIpc) is 3.14. The summed E-state index contributed by atoms with van der Waals surface area (Å²) in [4.78, 5) is 27.2. The maximum atomic E-state index is 12.7. The van der Waals surface area contributed by atoms with E-state index in [-0.39, 0.29) is 24.1 Å². The monoisotopic (exact) mass is 375 g/mol. The number of nitrogens with one attached hydrogen (secondary N) is 1. The number of rotatable bonds is 6. The Morgan fingerprint density at radius 2 is 2.27 bits per heavy atom. The van der Waals surface area contributed by atoms with E-state index in [1.807, 2.05) is 37.4 Å². The standard InChI is InChI=1S/C18H21N3O4S/c1-3-14-17(22)19-8-9-21(14)18(23)13-10-12(25-20-13)11-24-15-6-4-5-7-16(15)26-2/h4-7,10,14H,3,8-9,11H2,1-2H3,(H,19,22). The van der Waals surface area contributed by atoms with E-state index in [1.54, 1.807) is 22.7 Å². The van der Waals surface area contributed by atoms with Crippen LogP contribution in [0.5, 0.6) is 5.75 Å².